The van der Waals surface area contributed by atoms with Gasteiger partial charge in [-0.25, -0.2) is 0 Å². The van der Waals surface area contributed by atoms with E-state index in [9.17, 15) is 9.59 Å². The molecule has 1 amide bonds. The highest BCUT2D eigenvalue weighted by Crippen LogP contribution is 2.44. The average Bonchev–Trinajstić information content (AvgIpc) is 2.94. The quantitative estimate of drug-likeness (QED) is 0.157. The predicted molar refractivity (Wildman–Crippen MR) is 152 cm³/mol. The summed E-state index contributed by atoms with van der Waals surface area (Å²) in [6.07, 6.45) is 3.29. The normalized spacial score (nSPS) is 11.7. The van der Waals surface area contributed by atoms with Crippen molar-refractivity contribution in [1.29, 1.82) is 0 Å². The lowest BCUT2D eigenvalue weighted by molar-refractivity contribution is -0.118. The Hall–Kier alpha value is -4.49. The summed E-state index contributed by atoms with van der Waals surface area (Å²) >= 11 is 1.68. The number of nitrogens with one attached hydrogen (secondary N) is 2. The maximum absolute atomic E-state index is 12.9. The number of para-hydroxylation sites is 2. The number of carbonyl (C=O) groups is 2. The first kappa shape index (κ1) is 25.2. The summed E-state index contributed by atoms with van der Waals surface area (Å²) < 4.78 is 11.4. The summed E-state index contributed by atoms with van der Waals surface area (Å²) in [4.78, 5) is 27.4. The number of amides is 1. The third kappa shape index (κ3) is 6.07. The van der Waals surface area contributed by atoms with Crippen molar-refractivity contribution < 1.29 is 19.1 Å². The summed E-state index contributed by atoms with van der Waals surface area (Å²) in [5.41, 5.74) is 4.04. The molecule has 0 saturated carbocycles. The third-order valence-electron chi connectivity index (χ3n) is 5.75. The van der Waals surface area contributed by atoms with Crippen molar-refractivity contribution in [2.24, 2.45) is 0 Å². The number of carbonyl (C=O) groups excluding carboxylic acids is 2. The van der Waals surface area contributed by atoms with E-state index >= 15 is 0 Å². The van der Waals surface area contributed by atoms with Crippen LogP contribution in [0.1, 0.15) is 22.8 Å². The molecule has 190 valence electrons. The van der Waals surface area contributed by atoms with Crippen molar-refractivity contribution >= 4 is 46.6 Å². The topological polar surface area (TPSA) is 76.7 Å². The zero-order valence-electron chi connectivity index (χ0n) is 20.8. The minimum atomic E-state index is -0.269. The predicted octanol–water partition coefficient (Wildman–Crippen LogP) is 7.21. The van der Waals surface area contributed by atoms with Gasteiger partial charge >= 0.3 is 0 Å². The van der Waals surface area contributed by atoms with Crippen molar-refractivity contribution in [2.75, 3.05) is 23.8 Å². The van der Waals surface area contributed by atoms with E-state index in [1.54, 1.807) is 36.0 Å². The van der Waals surface area contributed by atoms with Crippen molar-refractivity contribution in [1.82, 2.24) is 0 Å². The van der Waals surface area contributed by atoms with Crippen molar-refractivity contribution in [3.63, 3.8) is 0 Å². The molecule has 0 aromatic heterocycles. The molecule has 5 rings (SSSR count). The number of hydrogen-bond acceptors (Lipinski definition) is 6. The van der Waals surface area contributed by atoms with Crippen LogP contribution in [0.4, 0.5) is 17.1 Å². The Bertz CT molecular complexity index is 1500. The van der Waals surface area contributed by atoms with Crippen LogP contribution in [0.2, 0.25) is 0 Å². The highest BCUT2D eigenvalue weighted by atomic mass is 32.2. The van der Waals surface area contributed by atoms with Gasteiger partial charge in [0.15, 0.2) is 23.9 Å². The van der Waals surface area contributed by atoms with Gasteiger partial charge in [-0.05, 0) is 73.2 Å². The monoisotopic (exact) mass is 522 g/mol. The maximum Gasteiger partial charge on any atom is 0.262 e. The van der Waals surface area contributed by atoms with E-state index in [0.717, 1.165) is 26.7 Å². The first-order valence-corrected chi connectivity index (χ1v) is 13.1. The molecule has 1 aliphatic heterocycles. The Morgan fingerprint density at radius 2 is 1.63 bits per heavy atom. The Kier molecular flexibility index (Phi) is 7.75. The molecular weight excluding hydrogens is 496 g/mol. The smallest absolute Gasteiger partial charge is 0.262 e. The van der Waals surface area contributed by atoms with E-state index in [1.165, 1.54) is 0 Å². The van der Waals surface area contributed by atoms with Gasteiger partial charge in [-0.2, -0.15) is 0 Å². The Labute approximate surface area is 225 Å². The second kappa shape index (κ2) is 11.7. The highest BCUT2D eigenvalue weighted by molar-refractivity contribution is 7.99. The zero-order chi connectivity index (χ0) is 26.3. The van der Waals surface area contributed by atoms with E-state index in [1.807, 2.05) is 79.7 Å². The Balaban J connectivity index is 1.24. The number of ketones is 1. The molecular formula is C31H26N2O4S. The fraction of sp³-hybridized carbons (Fsp3) is 0.0968. The summed E-state index contributed by atoms with van der Waals surface area (Å²) in [5, 5.41) is 6.20. The van der Waals surface area contributed by atoms with E-state index in [-0.39, 0.29) is 18.3 Å². The van der Waals surface area contributed by atoms with Gasteiger partial charge in [0.05, 0.1) is 18.0 Å². The van der Waals surface area contributed by atoms with Gasteiger partial charge in [0.25, 0.3) is 5.91 Å². The maximum atomic E-state index is 12.9. The molecule has 0 radical (unpaired) electrons. The summed E-state index contributed by atoms with van der Waals surface area (Å²) in [6.45, 7) is 2.15. The largest absolute Gasteiger partial charge is 0.490 e. The lowest BCUT2D eigenvalue weighted by Gasteiger charge is -2.20. The van der Waals surface area contributed by atoms with Gasteiger partial charge in [0.1, 0.15) is 0 Å². The number of ether oxygens (including phenoxy) is 2. The summed E-state index contributed by atoms with van der Waals surface area (Å²) in [5.74, 6) is 0.587. The number of anilines is 3. The Morgan fingerprint density at radius 1 is 0.842 bits per heavy atom. The lowest BCUT2D eigenvalue weighted by atomic mass is 10.1. The van der Waals surface area contributed by atoms with Crippen LogP contribution in [-0.2, 0) is 4.79 Å². The number of hydrogen-bond donors (Lipinski definition) is 2. The van der Waals surface area contributed by atoms with Crippen LogP contribution >= 0.6 is 11.8 Å². The number of fused-ring (bicyclic) bond motifs is 2. The molecule has 0 spiro atoms. The fourth-order valence-electron chi connectivity index (χ4n) is 3.94. The standard InChI is InChI=1S/C31H26N2O4S/c1-2-36-28-18-21(13-16-27(28)37-20-31(35)32-23-8-4-3-5-9-23)12-15-26(34)22-14-17-30-25(19-22)33-24-10-6-7-11-29(24)38-30/h3-19,33H,2,20H2,1H3,(H,32,35)/b15-12+. The average molecular weight is 523 g/mol. The number of allylic oxidation sites excluding steroid dienone is 1. The molecule has 0 atom stereocenters. The molecule has 2 N–H and O–H groups in total. The molecule has 0 aliphatic carbocycles. The van der Waals surface area contributed by atoms with Crippen LogP contribution in [0, 0.1) is 0 Å². The van der Waals surface area contributed by atoms with Crippen molar-refractivity contribution in [3.05, 3.63) is 108 Å². The Morgan fingerprint density at radius 3 is 2.47 bits per heavy atom. The molecule has 0 fully saturated rings. The van der Waals surface area contributed by atoms with Crippen LogP contribution in [0.3, 0.4) is 0 Å². The molecule has 38 heavy (non-hydrogen) atoms. The zero-order valence-corrected chi connectivity index (χ0v) is 21.6. The van der Waals surface area contributed by atoms with Crippen molar-refractivity contribution in [3.8, 4) is 11.5 Å². The second-order valence-corrected chi connectivity index (χ2v) is 9.56. The summed E-state index contributed by atoms with van der Waals surface area (Å²) in [6, 6.07) is 28.3. The van der Waals surface area contributed by atoms with Gasteiger partial charge in [-0.15, -0.1) is 0 Å². The molecule has 0 bridgehead atoms. The van der Waals surface area contributed by atoms with Gasteiger partial charge in [-0.3, -0.25) is 9.59 Å². The SMILES string of the molecule is CCOc1cc(/C=C/C(=O)c2ccc3c(c2)Nc2ccccc2S3)ccc1OCC(=O)Nc1ccccc1. The minimum absolute atomic E-state index is 0.102. The molecule has 0 saturated heterocycles. The molecule has 0 unspecified atom stereocenters. The van der Waals surface area contributed by atoms with Crippen molar-refractivity contribution in [2.45, 2.75) is 16.7 Å². The lowest BCUT2D eigenvalue weighted by Crippen LogP contribution is -2.20. The number of benzene rings is 4. The molecule has 6 nitrogen and oxygen atoms in total. The van der Waals surface area contributed by atoms with Crippen LogP contribution < -0.4 is 20.1 Å². The third-order valence-corrected chi connectivity index (χ3v) is 6.90. The first-order chi connectivity index (χ1) is 18.6. The summed E-state index contributed by atoms with van der Waals surface area (Å²) in [7, 11) is 0. The van der Waals surface area contributed by atoms with Crippen LogP contribution in [-0.4, -0.2) is 24.9 Å². The number of rotatable bonds is 9. The van der Waals surface area contributed by atoms with Crippen LogP contribution in [0.5, 0.6) is 11.5 Å². The fourth-order valence-corrected chi connectivity index (χ4v) is 4.91. The van der Waals surface area contributed by atoms with E-state index in [2.05, 4.69) is 16.7 Å². The van der Waals surface area contributed by atoms with Crippen LogP contribution in [0.15, 0.2) is 107 Å². The van der Waals surface area contributed by atoms with E-state index < -0.39 is 0 Å². The molecule has 4 aromatic rings. The van der Waals surface area contributed by atoms with Gasteiger partial charge in [0, 0.05) is 21.0 Å². The van der Waals surface area contributed by atoms with Gasteiger partial charge < -0.3 is 20.1 Å². The van der Waals surface area contributed by atoms with Gasteiger partial charge in [0.2, 0.25) is 0 Å². The van der Waals surface area contributed by atoms with E-state index in [0.29, 0.717) is 29.4 Å². The van der Waals surface area contributed by atoms with E-state index in [4.69, 9.17) is 9.47 Å². The minimum Gasteiger partial charge on any atom is -0.490 e. The molecule has 4 aromatic carbocycles. The van der Waals surface area contributed by atoms with Gasteiger partial charge in [-0.1, -0.05) is 54.2 Å². The molecule has 1 aliphatic rings. The second-order valence-electron chi connectivity index (χ2n) is 8.47. The molecule has 7 heteroatoms. The molecule has 1 heterocycles. The van der Waals surface area contributed by atoms with Crippen LogP contribution in [0.25, 0.3) is 6.08 Å². The first-order valence-electron chi connectivity index (χ1n) is 12.2. The highest BCUT2D eigenvalue weighted by Gasteiger charge is 2.16.